The lowest BCUT2D eigenvalue weighted by molar-refractivity contribution is -0.116. The quantitative estimate of drug-likeness (QED) is 0.718. The van der Waals surface area contributed by atoms with E-state index in [1.165, 1.54) is 18.3 Å². The highest BCUT2D eigenvalue weighted by atomic mass is 32.1. The van der Waals surface area contributed by atoms with Crippen molar-refractivity contribution in [1.29, 1.82) is 0 Å². The lowest BCUT2D eigenvalue weighted by Crippen LogP contribution is -2.15. The molecule has 1 aromatic rings. The third-order valence-corrected chi connectivity index (χ3v) is 3.80. The summed E-state index contributed by atoms with van der Waals surface area (Å²) in [4.78, 5) is 26.9. The summed E-state index contributed by atoms with van der Waals surface area (Å²) in [6, 6.07) is 0. The second-order valence-electron chi connectivity index (χ2n) is 4.53. The van der Waals surface area contributed by atoms with E-state index in [1.54, 1.807) is 5.38 Å². The highest BCUT2D eigenvalue weighted by Crippen LogP contribution is 2.18. The molecular formula is C13H21N3O2S. The van der Waals surface area contributed by atoms with Gasteiger partial charge in [0.25, 0.3) is 0 Å². The van der Waals surface area contributed by atoms with Crippen molar-refractivity contribution < 1.29 is 9.59 Å². The minimum Gasteiger partial charge on any atom is -0.330 e. The van der Waals surface area contributed by atoms with Gasteiger partial charge in [-0.3, -0.25) is 9.59 Å². The summed E-state index contributed by atoms with van der Waals surface area (Å²) < 4.78 is 0. The number of ketones is 1. The molecule has 0 aromatic carbocycles. The first-order chi connectivity index (χ1) is 9.06. The number of rotatable bonds is 8. The molecule has 106 valence electrons. The van der Waals surface area contributed by atoms with Crippen LogP contribution in [0.3, 0.4) is 0 Å². The molecule has 3 N–H and O–H groups in total. The molecule has 0 aliphatic rings. The fraction of sp³-hybridized carbons (Fsp3) is 0.615. The molecule has 0 radical (unpaired) electrons. The lowest BCUT2D eigenvalue weighted by atomic mass is 9.96. The minimum atomic E-state index is -0.0919. The Labute approximate surface area is 117 Å². The second-order valence-corrected chi connectivity index (χ2v) is 5.39. The van der Waals surface area contributed by atoms with E-state index in [2.05, 4.69) is 17.2 Å². The number of nitrogens with zero attached hydrogens (tertiary/aromatic N) is 1. The molecule has 6 heteroatoms. The molecule has 0 aliphatic carbocycles. The number of thiazole rings is 1. The average molecular weight is 283 g/mol. The molecule has 1 rings (SSSR count). The van der Waals surface area contributed by atoms with Gasteiger partial charge in [-0.2, -0.15) is 0 Å². The van der Waals surface area contributed by atoms with Crippen LogP contribution in [0.5, 0.6) is 0 Å². The number of anilines is 1. The van der Waals surface area contributed by atoms with Gasteiger partial charge in [-0.1, -0.05) is 13.3 Å². The van der Waals surface area contributed by atoms with Gasteiger partial charge in [0.1, 0.15) is 5.69 Å². The molecule has 1 aromatic heterocycles. The normalized spacial score (nSPS) is 12.2. The Balaban J connectivity index is 2.39. The van der Waals surface area contributed by atoms with Gasteiger partial charge < -0.3 is 11.1 Å². The zero-order chi connectivity index (χ0) is 14.3. The first-order valence-electron chi connectivity index (χ1n) is 6.53. The zero-order valence-corrected chi connectivity index (χ0v) is 12.3. The Kier molecular flexibility index (Phi) is 6.66. The largest absolute Gasteiger partial charge is 0.330 e. The molecule has 0 saturated heterocycles. The van der Waals surface area contributed by atoms with Gasteiger partial charge in [-0.25, -0.2) is 4.98 Å². The summed E-state index contributed by atoms with van der Waals surface area (Å²) in [5.74, 6) is 0.352. The van der Waals surface area contributed by atoms with Gasteiger partial charge in [0, 0.05) is 18.7 Å². The first kappa shape index (κ1) is 15.8. The molecule has 0 fully saturated rings. The van der Waals surface area contributed by atoms with E-state index in [1.807, 2.05) is 0 Å². The number of carbonyl (C=O) groups is 2. The van der Waals surface area contributed by atoms with Crippen molar-refractivity contribution in [3.05, 3.63) is 11.1 Å². The molecule has 0 aliphatic heterocycles. The van der Waals surface area contributed by atoms with E-state index in [0.29, 0.717) is 29.7 Å². The maximum Gasteiger partial charge on any atom is 0.226 e. The van der Waals surface area contributed by atoms with E-state index in [9.17, 15) is 9.59 Å². The maximum absolute atomic E-state index is 11.8. The summed E-state index contributed by atoms with van der Waals surface area (Å²) in [6.07, 6.45) is 3.30. The highest BCUT2D eigenvalue weighted by Gasteiger charge is 2.11. The van der Waals surface area contributed by atoms with Crippen LogP contribution in [0.15, 0.2) is 5.38 Å². The molecule has 0 spiro atoms. The van der Waals surface area contributed by atoms with Crippen molar-refractivity contribution in [1.82, 2.24) is 4.98 Å². The van der Waals surface area contributed by atoms with E-state index in [4.69, 9.17) is 5.73 Å². The molecule has 1 amide bonds. The number of nitrogens with one attached hydrogen (secondary N) is 1. The Hall–Kier alpha value is -1.27. The van der Waals surface area contributed by atoms with Crippen LogP contribution in [-0.4, -0.2) is 23.2 Å². The van der Waals surface area contributed by atoms with Gasteiger partial charge >= 0.3 is 0 Å². The molecule has 5 nitrogen and oxygen atoms in total. The predicted octanol–water partition coefficient (Wildman–Crippen LogP) is 2.44. The van der Waals surface area contributed by atoms with Crippen LogP contribution in [0.1, 0.15) is 50.0 Å². The van der Waals surface area contributed by atoms with Crippen LogP contribution in [0.2, 0.25) is 0 Å². The van der Waals surface area contributed by atoms with Crippen molar-refractivity contribution in [3.63, 3.8) is 0 Å². The summed E-state index contributed by atoms with van der Waals surface area (Å²) in [7, 11) is 0. The van der Waals surface area contributed by atoms with Crippen molar-refractivity contribution >= 4 is 28.2 Å². The van der Waals surface area contributed by atoms with Crippen molar-refractivity contribution in [2.45, 2.75) is 39.5 Å². The molecule has 0 bridgehead atoms. The summed E-state index contributed by atoms with van der Waals surface area (Å²) >= 11 is 1.27. The van der Waals surface area contributed by atoms with Crippen molar-refractivity contribution in [2.75, 3.05) is 11.9 Å². The maximum atomic E-state index is 11.8. The van der Waals surface area contributed by atoms with Crippen LogP contribution < -0.4 is 11.1 Å². The molecule has 19 heavy (non-hydrogen) atoms. The minimum absolute atomic E-state index is 0.0556. The lowest BCUT2D eigenvalue weighted by Gasteiger charge is -2.12. The van der Waals surface area contributed by atoms with Crippen LogP contribution in [0, 0.1) is 5.92 Å². The molecule has 1 atom stereocenters. The smallest absolute Gasteiger partial charge is 0.226 e. The molecule has 0 saturated carbocycles. The number of hydrogen-bond donors (Lipinski definition) is 2. The highest BCUT2D eigenvalue weighted by molar-refractivity contribution is 7.14. The zero-order valence-electron chi connectivity index (χ0n) is 11.4. The number of nitrogens with two attached hydrogens (primary N) is 1. The van der Waals surface area contributed by atoms with Crippen LogP contribution in [-0.2, 0) is 4.79 Å². The summed E-state index contributed by atoms with van der Waals surface area (Å²) in [5, 5.41) is 4.87. The van der Waals surface area contributed by atoms with E-state index in [-0.39, 0.29) is 11.7 Å². The van der Waals surface area contributed by atoms with E-state index in [0.717, 1.165) is 19.3 Å². The standard InChI is InChI=1S/C13H21N3O2S/c1-3-10(6-7-14)4-5-12(18)16-13-15-11(8-19-13)9(2)17/h8,10H,3-7,14H2,1-2H3,(H,15,16,18). The third kappa shape index (κ3) is 5.48. The van der Waals surface area contributed by atoms with Gasteiger partial charge in [0.2, 0.25) is 5.91 Å². The number of aromatic nitrogens is 1. The van der Waals surface area contributed by atoms with Crippen LogP contribution in [0.25, 0.3) is 0 Å². The third-order valence-electron chi connectivity index (χ3n) is 3.04. The number of Topliss-reactive ketones (excluding diaryl/α,β-unsaturated/α-hetero) is 1. The van der Waals surface area contributed by atoms with Gasteiger partial charge in [0.15, 0.2) is 10.9 Å². The average Bonchev–Trinajstić information content (AvgIpc) is 2.83. The predicted molar refractivity (Wildman–Crippen MR) is 77.4 cm³/mol. The monoisotopic (exact) mass is 283 g/mol. The Bertz CT molecular complexity index is 431. The van der Waals surface area contributed by atoms with Crippen molar-refractivity contribution in [3.8, 4) is 0 Å². The van der Waals surface area contributed by atoms with E-state index >= 15 is 0 Å². The Morgan fingerprint density at radius 1 is 1.47 bits per heavy atom. The first-order valence-corrected chi connectivity index (χ1v) is 7.41. The van der Waals surface area contributed by atoms with Crippen LogP contribution >= 0.6 is 11.3 Å². The fourth-order valence-electron chi connectivity index (χ4n) is 1.80. The summed E-state index contributed by atoms with van der Waals surface area (Å²) in [5.41, 5.74) is 5.92. The van der Waals surface area contributed by atoms with Crippen LogP contribution in [0.4, 0.5) is 5.13 Å². The van der Waals surface area contributed by atoms with E-state index < -0.39 is 0 Å². The van der Waals surface area contributed by atoms with Gasteiger partial charge in [-0.05, 0) is 25.3 Å². The van der Waals surface area contributed by atoms with Gasteiger partial charge in [0.05, 0.1) is 0 Å². The Morgan fingerprint density at radius 3 is 2.74 bits per heavy atom. The topological polar surface area (TPSA) is 85.1 Å². The van der Waals surface area contributed by atoms with Gasteiger partial charge in [-0.15, -0.1) is 11.3 Å². The number of amides is 1. The second kappa shape index (κ2) is 8.01. The Morgan fingerprint density at radius 2 is 2.21 bits per heavy atom. The SMILES string of the molecule is CCC(CCN)CCC(=O)Nc1nc(C(C)=O)cs1. The number of carbonyl (C=O) groups excluding carboxylic acids is 2. The number of hydrogen-bond acceptors (Lipinski definition) is 5. The molecule has 1 unspecified atom stereocenters. The molecule has 1 heterocycles. The fourth-order valence-corrected chi connectivity index (χ4v) is 2.56. The van der Waals surface area contributed by atoms with Crippen molar-refractivity contribution in [2.24, 2.45) is 11.7 Å². The summed E-state index contributed by atoms with van der Waals surface area (Å²) in [6.45, 7) is 4.23. The molecular weight excluding hydrogens is 262 g/mol.